The number of hydrogen-bond donors (Lipinski definition) is 2. The van der Waals surface area contributed by atoms with Crippen molar-refractivity contribution in [2.24, 2.45) is 0 Å². The first-order valence-electron chi connectivity index (χ1n) is 8.31. The maximum Gasteiger partial charge on any atom is 0.252 e. The molecule has 2 amide bonds. The van der Waals surface area contributed by atoms with Gasteiger partial charge in [-0.15, -0.1) is 0 Å². The van der Waals surface area contributed by atoms with Gasteiger partial charge in [-0.25, -0.2) is 4.98 Å². The molecule has 5 nitrogen and oxygen atoms in total. The highest BCUT2D eigenvalue weighted by Crippen LogP contribution is 2.42. The summed E-state index contributed by atoms with van der Waals surface area (Å²) in [4.78, 5) is 28.8. The van der Waals surface area contributed by atoms with Crippen LogP contribution < -0.4 is 10.6 Å². The summed E-state index contributed by atoms with van der Waals surface area (Å²) in [6.07, 6.45) is 5.03. The average Bonchev–Trinajstić information content (AvgIpc) is 3.13. The Bertz CT molecular complexity index is 784. The largest absolute Gasteiger partial charge is 0.355 e. The Labute approximate surface area is 151 Å². The minimum atomic E-state index is -0.577. The monoisotopic (exact) mass is 357 g/mol. The van der Waals surface area contributed by atoms with Gasteiger partial charge in [-0.05, 0) is 42.7 Å². The molecule has 0 unspecified atom stereocenters. The Balaban J connectivity index is 1.83. The molecule has 25 heavy (non-hydrogen) atoms. The second-order valence-electron chi connectivity index (χ2n) is 6.26. The van der Waals surface area contributed by atoms with Gasteiger partial charge in [0.15, 0.2) is 0 Å². The number of benzene rings is 1. The molecule has 3 rings (SSSR count). The fourth-order valence-corrected chi connectivity index (χ4v) is 3.58. The molecule has 1 heterocycles. The number of carbonyl (C=O) groups is 2. The summed E-state index contributed by atoms with van der Waals surface area (Å²) in [6.45, 7) is 0. The number of hydrogen-bond acceptors (Lipinski definition) is 3. The third-order valence-corrected chi connectivity index (χ3v) is 5.00. The number of anilines is 1. The summed E-state index contributed by atoms with van der Waals surface area (Å²) in [5, 5.41) is 6.07. The van der Waals surface area contributed by atoms with Crippen molar-refractivity contribution in [1.82, 2.24) is 10.3 Å². The molecule has 1 fully saturated rings. The number of nitrogens with one attached hydrogen (secondary N) is 2. The minimum absolute atomic E-state index is 0.0764. The summed E-state index contributed by atoms with van der Waals surface area (Å²) in [7, 11) is 1.56. The lowest BCUT2D eigenvalue weighted by molar-refractivity contribution is -0.121. The molecular formula is C19H20ClN3O2. The first-order valence-corrected chi connectivity index (χ1v) is 8.68. The topological polar surface area (TPSA) is 71.1 Å². The summed E-state index contributed by atoms with van der Waals surface area (Å²) >= 11 is 6.13. The fourth-order valence-electron chi connectivity index (χ4n) is 3.39. The van der Waals surface area contributed by atoms with Crippen LogP contribution in [0.5, 0.6) is 0 Å². The number of aromatic nitrogens is 1. The van der Waals surface area contributed by atoms with E-state index >= 15 is 0 Å². The zero-order chi connectivity index (χ0) is 17.9. The number of rotatable bonds is 4. The fraction of sp³-hybridized carbons (Fsp3) is 0.316. The number of carbonyl (C=O) groups excluding carboxylic acids is 2. The standard InChI is InChI=1S/C19H20ClN3O2/c1-21-17(24)13-7-8-16(22-12-13)23-18(25)19(9-2-3-10-19)14-5-4-6-15(20)11-14/h4-8,11-12H,2-3,9-10H2,1H3,(H,21,24)(H,22,23,25). The second-order valence-corrected chi connectivity index (χ2v) is 6.70. The lowest BCUT2D eigenvalue weighted by atomic mass is 9.78. The molecule has 2 N–H and O–H groups in total. The molecule has 1 aliphatic carbocycles. The van der Waals surface area contributed by atoms with E-state index in [4.69, 9.17) is 11.6 Å². The minimum Gasteiger partial charge on any atom is -0.355 e. The van der Waals surface area contributed by atoms with Gasteiger partial charge in [0, 0.05) is 18.3 Å². The predicted molar refractivity (Wildman–Crippen MR) is 97.9 cm³/mol. The summed E-state index contributed by atoms with van der Waals surface area (Å²) in [5.41, 5.74) is 0.814. The predicted octanol–water partition coefficient (Wildman–Crippen LogP) is 3.55. The van der Waals surface area contributed by atoms with E-state index in [9.17, 15) is 9.59 Å². The van der Waals surface area contributed by atoms with Gasteiger partial charge in [-0.3, -0.25) is 9.59 Å². The Morgan fingerprint density at radius 3 is 2.52 bits per heavy atom. The number of pyridine rings is 1. The highest BCUT2D eigenvalue weighted by atomic mass is 35.5. The third kappa shape index (κ3) is 3.51. The molecule has 0 spiro atoms. The van der Waals surface area contributed by atoms with E-state index < -0.39 is 5.41 Å². The summed E-state index contributed by atoms with van der Waals surface area (Å²) in [6, 6.07) is 10.8. The quantitative estimate of drug-likeness (QED) is 0.879. The molecule has 1 aromatic carbocycles. The van der Waals surface area contributed by atoms with E-state index in [0.29, 0.717) is 16.4 Å². The molecule has 0 aliphatic heterocycles. The molecule has 1 aromatic heterocycles. The van der Waals surface area contributed by atoms with Gasteiger partial charge in [0.1, 0.15) is 5.82 Å². The Kier molecular flexibility index (Phi) is 5.04. The van der Waals surface area contributed by atoms with Crippen LogP contribution in [0.4, 0.5) is 5.82 Å². The second kappa shape index (κ2) is 7.23. The van der Waals surface area contributed by atoms with Crippen LogP contribution in [-0.4, -0.2) is 23.8 Å². The maximum absolute atomic E-state index is 13.0. The molecule has 0 bridgehead atoms. The average molecular weight is 358 g/mol. The zero-order valence-electron chi connectivity index (χ0n) is 14.0. The van der Waals surface area contributed by atoms with E-state index in [2.05, 4.69) is 15.6 Å². The van der Waals surface area contributed by atoms with Crippen LogP contribution in [0.1, 0.15) is 41.6 Å². The van der Waals surface area contributed by atoms with Crippen molar-refractivity contribution >= 4 is 29.2 Å². The molecule has 6 heteroatoms. The van der Waals surface area contributed by atoms with Gasteiger partial charge in [-0.2, -0.15) is 0 Å². The van der Waals surface area contributed by atoms with E-state index in [-0.39, 0.29) is 11.8 Å². The van der Waals surface area contributed by atoms with Gasteiger partial charge < -0.3 is 10.6 Å². The first kappa shape index (κ1) is 17.4. The smallest absolute Gasteiger partial charge is 0.252 e. The van der Waals surface area contributed by atoms with Crippen LogP contribution in [0, 0.1) is 0 Å². The zero-order valence-corrected chi connectivity index (χ0v) is 14.8. The first-order chi connectivity index (χ1) is 12.0. The lowest BCUT2D eigenvalue weighted by Crippen LogP contribution is -2.38. The van der Waals surface area contributed by atoms with Crippen LogP contribution in [0.15, 0.2) is 42.6 Å². The maximum atomic E-state index is 13.0. The number of nitrogens with zero attached hydrogens (tertiary/aromatic N) is 1. The number of halogens is 1. The van der Waals surface area contributed by atoms with E-state index in [0.717, 1.165) is 31.2 Å². The molecule has 0 saturated heterocycles. The van der Waals surface area contributed by atoms with Crippen LogP contribution >= 0.6 is 11.6 Å². The van der Waals surface area contributed by atoms with Crippen LogP contribution in [0.25, 0.3) is 0 Å². The SMILES string of the molecule is CNC(=O)c1ccc(NC(=O)C2(c3cccc(Cl)c3)CCCC2)nc1. The van der Waals surface area contributed by atoms with Gasteiger partial charge in [0.05, 0.1) is 11.0 Å². The molecule has 0 radical (unpaired) electrons. The molecule has 0 atom stereocenters. The summed E-state index contributed by atoms with van der Waals surface area (Å²) in [5.74, 6) is 0.148. The van der Waals surface area contributed by atoms with Crippen molar-refractivity contribution in [1.29, 1.82) is 0 Å². The highest BCUT2D eigenvalue weighted by Gasteiger charge is 2.42. The highest BCUT2D eigenvalue weighted by molar-refractivity contribution is 6.30. The van der Waals surface area contributed by atoms with Gasteiger partial charge in [0.25, 0.3) is 5.91 Å². The number of amides is 2. The molecule has 130 valence electrons. The van der Waals surface area contributed by atoms with E-state index in [1.54, 1.807) is 19.2 Å². The lowest BCUT2D eigenvalue weighted by Gasteiger charge is -2.28. The molecule has 2 aromatic rings. The Morgan fingerprint density at radius 2 is 1.92 bits per heavy atom. The van der Waals surface area contributed by atoms with Crippen LogP contribution in [0.3, 0.4) is 0 Å². The third-order valence-electron chi connectivity index (χ3n) is 4.76. The van der Waals surface area contributed by atoms with Crippen molar-refractivity contribution in [3.63, 3.8) is 0 Å². The van der Waals surface area contributed by atoms with E-state index in [1.165, 1.54) is 6.20 Å². The summed E-state index contributed by atoms with van der Waals surface area (Å²) < 4.78 is 0. The normalized spacial score (nSPS) is 15.6. The van der Waals surface area contributed by atoms with Crippen molar-refractivity contribution in [3.8, 4) is 0 Å². The van der Waals surface area contributed by atoms with Crippen molar-refractivity contribution in [3.05, 3.63) is 58.7 Å². The molecular weight excluding hydrogens is 338 g/mol. The molecule has 1 aliphatic rings. The van der Waals surface area contributed by atoms with Crippen molar-refractivity contribution in [2.75, 3.05) is 12.4 Å². The van der Waals surface area contributed by atoms with Gasteiger partial charge in [-0.1, -0.05) is 36.6 Å². The van der Waals surface area contributed by atoms with Crippen LogP contribution in [0.2, 0.25) is 5.02 Å². The molecule has 1 saturated carbocycles. The van der Waals surface area contributed by atoms with Crippen molar-refractivity contribution in [2.45, 2.75) is 31.1 Å². The Hall–Kier alpha value is -2.40. The van der Waals surface area contributed by atoms with E-state index in [1.807, 2.05) is 24.3 Å². The van der Waals surface area contributed by atoms with Gasteiger partial charge in [0.2, 0.25) is 5.91 Å². The van der Waals surface area contributed by atoms with Crippen molar-refractivity contribution < 1.29 is 9.59 Å². The van der Waals surface area contributed by atoms with Gasteiger partial charge >= 0.3 is 0 Å². The van der Waals surface area contributed by atoms with Crippen LogP contribution in [-0.2, 0) is 10.2 Å². The Morgan fingerprint density at radius 1 is 1.16 bits per heavy atom.